The SMILES string of the molecule is CCN(CC1CCC1)c1cccc(F)c1CNC1CC1. The van der Waals surface area contributed by atoms with Crippen molar-refractivity contribution in [2.45, 2.75) is 51.6 Å². The summed E-state index contributed by atoms with van der Waals surface area (Å²) in [6, 6.07) is 6.12. The molecule has 3 heteroatoms. The lowest BCUT2D eigenvalue weighted by Gasteiger charge is -2.34. The first-order valence-electron chi connectivity index (χ1n) is 8.03. The average molecular weight is 276 g/mol. The first-order chi connectivity index (χ1) is 9.78. The van der Waals surface area contributed by atoms with Crippen molar-refractivity contribution in [3.8, 4) is 0 Å². The maximum atomic E-state index is 14.2. The Morgan fingerprint density at radius 2 is 2.05 bits per heavy atom. The lowest BCUT2D eigenvalue weighted by Crippen LogP contribution is -2.33. The fourth-order valence-electron chi connectivity index (χ4n) is 2.94. The van der Waals surface area contributed by atoms with Crippen LogP contribution in [0.3, 0.4) is 0 Å². The molecule has 0 unspecified atom stereocenters. The molecule has 0 aromatic heterocycles. The second-order valence-electron chi connectivity index (χ2n) is 6.23. The zero-order valence-electron chi connectivity index (χ0n) is 12.4. The molecule has 0 bridgehead atoms. The summed E-state index contributed by atoms with van der Waals surface area (Å²) >= 11 is 0. The van der Waals surface area contributed by atoms with Crippen LogP contribution in [0.1, 0.15) is 44.6 Å². The van der Waals surface area contributed by atoms with Gasteiger partial charge in [-0.25, -0.2) is 4.39 Å². The predicted molar refractivity (Wildman–Crippen MR) is 81.5 cm³/mol. The molecule has 0 aliphatic heterocycles. The highest BCUT2D eigenvalue weighted by atomic mass is 19.1. The van der Waals surface area contributed by atoms with E-state index in [2.05, 4.69) is 23.2 Å². The van der Waals surface area contributed by atoms with Gasteiger partial charge < -0.3 is 10.2 Å². The van der Waals surface area contributed by atoms with Crippen molar-refractivity contribution in [2.24, 2.45) is 5.92 Å². The first-order valence-corrected chi connectivity index (χ1v) is 8.03. The summed E-state index contributed by atoms with van der Waals surface area (Å²) in [6.07, 6.45) is 6.51. The van der Waals surface area contributed by atoms with Gasteiger partial charge in [-0.2, -0.15) is 0 Å². The van der Waals surface area contributed by atoms with Crippen LogP contribution in [0.25, 0.3) is 0 Å². The van der Waals surface area contributed by atoms with Gasteiger partial charge in [0.25, 0.3) is 0 Å². The quantitative estimate of drug-likeness (QED) is 0.817. The smallest absolute Gasteiger partial charge is 0.129 e. The molecular formula is C17H25FN2. The molecule has 0 radical (unpaired) electrons. The standard InChI is InChI=1S/C17H25FN2/c1-2-20(12-13-5-3-6-13)17-8-4-7-16(18)15(17)11-19-14-9-10-14/h4,7-8,13-14,19H,2-3,5-6,9-12H2,1H3. The molecule has 0 spiro atoms. The van der Waals surface area contributed by atoms with Gasteiger partial charge in [-0.3, -0.25) is 0 Å². The van der Waals surface area contributed by atoms with Gasteiger partial charge in [0.15, 0.2) is 0 Å². The van der Waals surface area contributed by atoms with E-state index in [1.165, 1.54) is 32.1 Å². The minimum absolute atomic E-state index is 0.0669. The summed E-state index contributed by atoms with van der Waals surface area (Å²) in [6.45, 7) is 4.86. The molecule has 110 valence electrons. The van der Waals surface area contributed by atoms with Crippen LogP contribution < -0.4 is 10.2 Å². The molecule has 0 amide bonds. The molecule has 0 heterocycles. The predicted octanol–water partition coefficient (Wildman–Crippen LogP) is 3.70. The molecule has 2 fully saturated rings. The number of benzene rings is 1. The molecule has 0 saturated heterocycles. The van der Waals surface area contributed by atoms with Crippen LogP contribution in [0.15, 0.2) is 18.2 Å². The molecule has 20 heavy (non-hydrogen) atoms. The van der Waals surface area contributed by atoms with Gasteiger partial charge in [0, 0.05) is 36.9 Å². The van der Waals surface area contributed by atoms with Gasteiger partial charge in [0.05, 0.1) is 0 Å². The normalized spacial score (nSPS) is 18.9. The summed E-state index contributed by atoms with van der Waals surface area (Å²) in [5, 5.41) is 3.45. The summed E-state index contributed by atoms with van der Waals surface area (Å²) in [5.74, 6) is 0.741. The topological polar surface area (TPSA) is 15.3 Å². The van der Waals surface area contributed by atoms with E-state index in [0.29, 0.717) is 12.6 Å². The summed E-state index contributed by atoms with van der Waals surface area (Å²) in [4.78, 5) is 2.36. The second kappa shape index (κ2) is 6.13. The van der Waals surface area contributed by atoms with E-state index < -0.39 is 0 Å². The van der Waals surface area contributed by atoms with E-state index in [4.69, 9.17) is 0 Å². The first kappa shape index (κ1) is 13.9. The van der Waals surface area contributed by atoms with Gasteiger partial charge in [0.2, 0.25) is 0 Å². The molecule has 2 saturated carbocycles. The Morgan fingerprint density at radius 3 is 2.65 bits per heavy atom. The van der Waals surface area contributed by atoms with Crippen LogP contribution in [-0.4, -0.2) is 19.1 Å². The lowest BCUT2D eigenvalue weighted by atomic mass is 9.85. The molecule has 2 aliphatic rings. The zero-order valence-corrected chi connectivity index (χ0v) is 12.4. The van der Waals surface area contributed by atoms with Crippen molar-refractivity contribution >= 4 is 5.69 Å². The van der Waals surface area contributed by atoms with Crippen molar-refractivity contribution < 1.29 is 4.39 Å². The number of nitrogens with zero attached hydrogens (tertiary/aromatic N) is 1. The van der Waals surface area contributed by atoms with Crippen LogP contribution in [0.5, 0.6) is 0 Å². The Kier molecular flexibility index (Phi) is 4.25. The molecule has 1 aromatic carbocycles. The zero-order chi connectivity index (χ0) is 13.9. The lowest BCUT2D eigenvalue weighted by molar-refractivity contribution is 0.318. The van der Waals surface area contributed by atoms with Gasteiger partial charge in [0.1, 0.15) is 5.82 Å². The minimum Gasteiger partial charge on any atom is -0.371 e. The summed E-state index contributed by atoms with van der Waals surface area (Å²) < 4.78 is 14.2. The van der Waals surface area contributed by atoms with Crippen molar-refractivity contribution in [2.75, 3.05) is 18.0 Å². The van der Waals surface area contributed by atoms with Crippen LogP contribution >= 0.6 is 0 Å². The van der Waals surface area contributed by atoms with Crippen molar-refractivity contribution in [3.05, 3.63) is 29.6 Å². The molecule has 2 aliphatic carbocycles. The third kappa shape index (κ3) is 3.14. The van der Waals surface area contributed by atoms with E-state index in [1.807, 2.05) is 6.07 Å². The Bertz CT molecular complexity index is 452. The fraction of sp³-hybridized carbons (Fsp3) is 0.647. The van der Waals surface area contributed by atoms with Crippen molar-refractivity contribution in [1.29, 1.82) is 0 Å². The van der Waals surface area contributed by atoms with Crippen LogP contribution in [0.4, 0.5) is 10.1 Å². The summed E-state index contributed by atoms with van der Waals surface area (Å²) in [7, 11) is 0. The highest BCUT2D eigenvalue weighted by Gasteiger charge is 2.24. The maximum Gasteiger partial charge on any atom is 0.129 e. The Morgan fingerprint density at radius 1 is 1.25 bits per heavy atom. The van der Waals surface area contributed by atoms with E-state index >= 15 is 0 Å². The molecule has 2 nitrogen and oxygen atoms in total. The molecule has 0 atom stereocenters. The second-order valence-corrected chi connectivity index (χ2v) is 6.23. The number of halogens is 1. The molecule has 1 N–H and O–H groups in total. The maximum absolute atomic E-state index is 14.2. The number of nitrogens with one attached hydrogen (secondary N) is 1. The van der Waals surface area contributed by atoms with E-state index in [-0.39, 0.29) is 5.82 Å². The van der Waals surface area contributed by atoms with E-state index in [1.54, 1.807) is 6.07 Å². The Hall–Kier alpha value is -1.09. The highest BCUT2D eigenvalue weighted by Crippen LogP contribution is 2.31. The highest BCUT2D eigenvalue weighted by molar-refractivity contribution is 5.54. The van der Waals surface area contributed by atoms with Gasteiger partial charge >= 0.3 is 0 Å². The van der Waals surface area contributed by atoms with Gasteiger partial charge in [-0.15, -0.1) is 0 Å². The third-order valence-corrected chi connectivity index (χ3v) is 4.66. The average Bonchev–Trinajstić information content (AvgIpc) is 3.20. The summed E-state index contributed by atoms with van der Waals surface area (Å²) in [5.41, 5.74) is 1.94. The Balaban J connectivity index is 1.75. The number of hydrogen-bond donors (Lipinski definition) is 1. The van der Waals surface area contributed by atoms with Crippen LogP contribution in [0.2, 0.25) is 0 Å². The monoisotopic (exact) mass is 276 g/mol. The van der Waals surface area contributed by atoms with E-state index in [9.17, 15) is 4.39 Å². The molecular weight excluding hydrogens is 251 g/mol. The molecule has 1 aromatic rings. The van der Waals surface area contributed by atoms with Crippen LogP contribution in [-0.2, 0) is 6.54 Å². The van der Waals surface area contributed by atoms with E-state index in [0.717, 1.165) is 30.3 Å². The number of hydrogen-bond acceptors (Lipinski definition) is 2. The minimum atomic E-state index is -0.0669. The molecule has 3 rings (SSSR count). The van der Waals surface area contributed by atoms with Gasteiger partial charge in [-0.1, -0.05) is 12.5 Å². The largest absolute Gasteiger partial charge is 0.371 e. The van der Waals surface area contributed by atoms with Crippen LogP contribution in [0, 0.1) is 11.7 Å². The fourth-order valence-corrected chi connectivity index (χ4v) is 2.94. The van der Waals surface area contributed by atoms with Gasteiger partial charge in [-0.05, 0) is 50.7 Å². The number of anilines is 1. The Labute approximate surface area is 121 Å². The van der Waals surface area contributed by atoms with Crippen molar-refractivity contribution in [1.82, 2.24) is 5.32 Å². The number of rotatable bonds is 7. The third-order valence-electron chi connectivity index (χ3n) is 4.66. The van der Waals surface area contributed by atoms with Crippen molar-refractivity contribution in [3.63, 3.8) is 0 Å².